The Bertz CT molecular complexity index is 1280. The van der Waals surface area contributed by atoms with Gasteiger partial charge in [-0.1, -0.05) is 41.5 Å². The Kier molecular flexibility index (Phi) is 8.05. The summed E-state index contributed by atoms with van der Waals surface area (Å²) in [5, 5.41) is 10.9. The number of hydrogen-bond acceptors (Lipinski definition) is 9. The van der Waals surface area contributed by atoms with Crippen LogP contribution >= 0.6 is 0 Å². The van der Waals surface area contributed by atoms with Gasteiger partial charge in [0.25, 0.3) is 0 Å². The van der Waals surface area contributed by atoms with Gasteiger partial charge in [-0.2, -0.15) is 0 Å². The summed E-state index contributed by atoms with van der Waals surface area (Å²) in [5.74, 6) is -4.18. The molecule has 0 amide bonds. The number of aliphatic hydroxyl groups is 1. The van der Waals surface area contributed by atoms with Crippen LogP contribution in [0.5, 0.6) is 0 Å². The van der Waals surface area contributed by atoms with Crippen molar-refractivity contribution >= 4 is 35.1 Å². The molecule has 2 fully saturated rings. The number of Topliss-reactive ketones (excluding diaryl/α,β-unsaturated/α-hetero) is 4. The SMILES string of the molecule is COC(=O)[C@H](C)CC(=O)C[C@@H](C)[C@H]1CC(=O)[C@@]2(C)C3=C(C(=O)[C@@H](OC(C)=O)[C@]12C)[C@@]1(C)CC[C@H](O)C(C)(C)[C@@H]1CC3=O. The van der Waals surface area contributed by atoms with Crippen molar-refractivity contribution in [3.63, 3.8) is 0 Å². The van der Waals surface area contributed by atoms with Crippen LogP contribution in [0.25, 0.3) is 0 Å². The third-order valence-electron chi connectivity index (χ3n) is 12.0. The second-order valence-corrected chi connectivity index (χ2v) is 14.6. The summed E-state index contributed by atoms with van der Waals surface area (Å²) in [6.45, 7) is 13.9. The van der Waals surface area contributed by atoms with E-state index in [1.807, 2.05) is 27.7 Å². The number of esters is 2. The Morgan fingerprint density at radius 1 is 0.976 bits per heavy atom. The number of fused-ring (bicyclic) bond motifs is 4. The molecule has 4 aliphatic rings. The molecule has 0 aromatic rings. The average Bonchev–Trinajstić information content (AvgIpc) is 3.11. The number of carbonyl (C=O) groups excluding carboxylic acids is 6. The Morgan fingerprint density at radius 2 is 1.60 bits per heavy atom. The van der Waals surface area contributed by atoms with E-state index in [-0.39, 0.29) is 60.1 Å². The number of ketones is 4. The summed E-state index contributed by atoms with van der Waals surface area (Å²) >= 11 is 0. The van der Waals surface area contributed by atoms with Crippen molar-refractivity contribution < 1.29 is 43.3 Å². The van der Waals surface area contributed by atoms with Gasteiger partial charge in [-0.05, 0) is 42.9 Å². The molecule has 0 aromatic carbocycles. The molecule has 9 heteroatoms. The van der Waals surface area contributed by atoms with Crippen molar-refractivity contribution in [1.82, 2.24) is 0 Å². The van der Waals surface area contributed by atoms with Crippen LogP contribution in [-0.2, 0) is 38.2 Å². The number of aliphatic hydroxyl groups excluding tert-OH is 1. The van der Waals surface area contributed by atoms with Crippen LogP contribution < -0.4 is 0 Å². The first-order valence-electron chi connectivity index (χ1n) is 15.1. The van der Waals surface area contributed by atoms with Gasteiger partial charge in [0.2, 0.25) is 5.78 Å². The van der Waals surface area contributed by atoms with Crippen molar-refractivity contribution in [3.05, 3.63) is 11.1 Å². The summed E-state index contributed by atoms with van der Waals surface area (Å²) in [5.41, 5.74) is -3.63. The summed E-state index contributed by atoms with van der Waals surface area (Å²) in [4.78, 5) is 80.4. The van der Waals surface area contributed by atoms with Crippen LogP contribution in [0.3, 0.4) is 0 Å². The van der Waals surface area contributed by atoms with Crippen LogP contribution in [0.15, 0.2) is 11.1 Å². The number of ether oxygens (including phenoxy) is 2. The lowest BCUT2D eigenvalue weighted by Gasteiger charge is -2.61. The first kappa shape index (κ1) is 32.2. The zero-order chi connectivity index (χ0) is 31.7. The van der Waals surface area contributed by atoms with Crippen molar-refractivity contribution in [1.29, 1.82) is 0 Å². The van der Waals surface area contributed by atoms with Gasteiger partial charge in [-0.15, -0.1) is 0 Å². The molecule has 9 nitrogen and oxygen atoms in total. The van der Waals surface area contributed by atoms with Crippen LogP contribution in [0.2, 0.25) is 0 Å². The van der Waals surface area contributed by atoms with Gasteiger partial charge in [0.05, 0.1) is 24.5 Å². The smallest absolute Gasteiger partial charge is 0.308 e. The molecule has 4 rings (SSSR count). The fourth-order valence-electron chi connectivity index (χ4n) is 9.37. The van der Waals surface area contributed by atoms with E-state index < -0.39 is 69.3 Å². The topological polar surface area (TPSA) is 141 Å². The standard InChI is InChI=1S/C33H46O9/c1-16(12-19(35)13-17(2)29(40)41-9)20-14-24(38)33(8)25-21(36)15-22-30(4,5)23(37)10-11-31(22,6)26(25)27(39)28(32(20,33)7)42-18(3)34/h16-17,20,22-23,28,37H,10-15H2,1-9H3/t16-,17-,20-,22+,23+,28-,31+,32+,33+/m1/s1. The van der Waals surface area contributed by atoms with Crippen molar-refractivity contribution in [2.24, 2.45) is 45.3 Å². The molecule has 0 unspecified atom stereocenters. The summed E-state index contributed by atoms with van der Waals surface area (Å²) in [6, 6.07) is 0. The lowest BCUT2D eigenvalue weighted by molar-refractivity contribution is -0.176. The molecule has 0 saturated heterocycles. The molecule has 232 valence electrons. The second kappa shape index (κ2) is 10.5. The van der Waals surface area contributed by atoms with Crippen LogP contribution in [0.1, 0.15) is 93.9 Å². The molecule has 0 bridgehead atoms. The van der Waals surface area contributed by atoms with E-state index in [1.165, 1.54) is 14.0 Å². The third-order valence-corrected chi connectivity index (χ3v) is 12.0. The fourth-order valence-corrected chi connectivity index (χ4v) is 9.37. The van der Waals surface area contributed by atoms with Crippen molar-refractivity contribution in [2.75, 3.05) is 7.11 Å². The predicted octanol–water partition coefficient (Wildman–Crippen LogP) is 3.97. The highest BCUT2D eigenvalue weighted by Crippen LogP contribution is 2.70. The summed E-state index contributed by atoms with van der Waals surface area (Å²) in [7, 11) is 1.27. The van der Waals surface area contributed by atoms with E-state index in [1.54, 1.807) is 20.8 Å². The largest absolute Gasteiger partial charge is 0.469 e. The highest BCUT2D eigenvalue weighted by Gasteiger charge is 2.74. The average molecular weight is 587 g/mol. The predicted molar refractivity (Wildman–Crippen MR) is 152 cm³/mol. The number of carbonyl (C=O) groups is 6. The molecule has 42 heavy (non-hydrogen) atoms. The number of methoxy groups -OCH3 is 1. The van der Waals surface area contributed by atoms with Gasteiger partial charge < -0.3 is 14.6 Å². The Labute approximate surface area is 248 Å². The minimum Gasteiger partial charge on any atom is -0.469 e. The lowest BCUT2D eigenvalue weighted by atomic mass is 9.42. The molecule has 2 saturated carbocycles. The number of rotatable bonds is 7. The van der Waals surface area contributed by atoms with Gasteiger partial charge in [-0.25, -0.2) is 0 Å². The highest BCUT2D eigenvalue weighted by molar-refractivity contribution is 6.18. The molecular formula is C33H46O9. The van der Waals surface area contributed by atoms with Crippen LogP contribution in [-0.4, -0.2) is 59.5 Å². The van der Waals surface area contributed by atoms with E-state index in [0.717, 1.165) is 0 Å². The van der Waals surface area contributed by atoms with Crippen LogP contribution in [0, 0.1) is 45.3 Å². The molecule has 0 aromatic heterocycles. The van der Waals surface area contributed by atoms with E-state index >= 15 is 0 Å². The van der Waals surface area contributed by atoms with Crippen molar-refractivity contribution in [2.45, 2.75) is 106 Å². The Balaban J connectivity index is 1.85. The second-order valence-electron chi connectivity index (χ2n) is 14.6. The third kappa shape index (κ3) is 4.36. The Morgan fingerprint density at radius 3 is 2.17 bits per heavy atom. The minimum atomic E-state index is -1.41. The van der Waals surface area contributed by atoms with Gasteiger partial charge in [0, 0.05) is 54.6 Å². The van der Waals surface area contributed by atoms with Gasteiger partial charge in [-0.3, -0.25) is 28.8 Å². The summed E-state index contributed by atoms with van der Waals surface area (Å²) < 4.78 is 10.6. The summed E-state index contributed by atoms with van der Waals surface area (Å²) in [6.07, 6.45) is -0.913. The van der Waals surface area contributed by atoms with E-state index in [2.05, 4.69) is 0 Å². The highest BCUT2D eigenvalue weighted by atomic mass is 16.5. The molecular weight excluding hydrogens is 540 g/mol. The normalized spacial score (nSPS) is 38.7. The minimum absolute atomic E-state index is 0.0207. The molecule has 0 aliphatic heterocycles. The van der Waals surface area contributed by atoms with Crippen molar-refractivity contribution in [3.8, 4) is 0 Å². The first-order chi connectivity index (χ1) is 19.3. The molecule has 0 radical (unpaired) electrons. The van der Waals surface area contributed by atoms with E-state index in [4.69, 9.17) is 9.47 Å². The monoisotopic (exact) mass is 586 g/mol. The Hall–Kier alpha value is -2.68. The number of allylic oxidation sites excluding steroid dienone is 1. The maximum absolute atomic E-state index is 14.7. The maximum Gasteiger partial charge on any atom is 0.308 e. The van der Waals surface area contributed by atoms with E-state index in [9.17, 15) is 33.9 Å². The zero-order valence-electron chi connectivity index (χ0n) is 26.4. The fraction of sp³-hybridized carbons (Fsp3) is 0.758. The quantitative estimate of drug-likeness (QED) is 0.439. The lowest BCUT2D eigenvalue weighted by Crippen LogP contribution is -2.65. The zero-order valence-corrected chi connectivity index (χ0v) is 26.4. The first-order valence-corrected chi connectivity index (χ1v) is 15.1. The molecule has 0 heterocycles. The molecule has 1 N–H and O–H groups in total. The molecule has 4 aliphatic carbocycles. The van der Waals surface area contributed by atoms with E-state index in [0.29, 0.717) is 12.8 Å². The maximum atomic E-state index is 14.7. The van der Waals surface area contributed by atoms with Gasteiger partial charge >= 0.3 is 11.9 Å². The molecule has 9 atom stereocenters. The molecule has 0 spiro atoms. The van der Waals surface area contributed by atoms with Crippen LogP contribution in [0.4, 0.5) is 0 Å². The number of hydrogen-bond donors (Lipinski definition) is 1. The van der Waals surface area contributed by atoms with Gasteiger partial charge in [0.1, 0.15) is 11.6 Å². The van der Waals surface area contributed by atoms with Gasteiger partial charge in [0.15, 0.2) is 11.9 Å².